The third kappa shape index (κ3) is 3.52. The summed E-state index contributed by atoms with van der Waals surface area (Å²) in [7, 11) is 0. The zero-order chi connectivity index (χ0) is 11.5. The van der Waals surface area contributed by atoms with Gasteiger partial charge in [-0.05, 0) is 22.4 Å². The Kier molecular flexibility index (Phi) is 3.70. The van der Waals surface area contributed by atoms with Gasteiger partial charge in [-0.15, -0.1) is 0 Å². The van der Waals surface area contributed by atoms with Gasteiger partial charge in [-0.25, -0.2) is 0 Å². The van der Waals surface area contributed by atoms with E-state index < -0.39 is 18.1 Å². The van der Waals surface area contributed by atoms with Crippen molar-refractivity contribution >= 4 is 17.2 Å². The molecule has 1 heterocycles. The Morgan fingerprint density at radius 2 is 2.27 bits per heavy atom. The first-order chi connectivity index (χ1) is 6.91. The van der Waals surface area contributed by atoms with Crippen LogP contribution in [-0.4, -0.2) is 18.1 Å². The van der Waals surface area contributed by atoms with Crippen LogP contribution < -0.4 is 11.1 Å². The van der Waals surface area contributed by atoms with E-state index in [-0.39, 0.29) is 6.54 Å². The molecule has 7 heteroatoms. The summed E-state index contributed by atoms with van der Waals surface area (Å²) in [4.78, 5) is 10.9. The Morgan fingerprint density at radius 3 is 2.73 bits per heavy atom. The molecule has 0 radical (unpaired) electrons. The van der Waals surface area contributed by atoms with Gasteiger partial charge in [0.2, 0.25) is 5.91 Å². The van der Waals surface area contributed by atoms with E-state index in [1.807, 2.05) is 0 Å². The smallest absolute Gasteiger partial charge is 0.350 e. The SMILES string of the molecule is NC(C(=O)NCc1ccsc1)C(F)(F)F. The molecule has 84 valence electrons. The van der Waals surface area contributed by atoms with E-state index in [1.54, 1.807) is 16.8 Å². The predicted molar refractivity (Wildman–Crippen MR) is 50.2 cm³/mol. The lowest BCUT2D eigenvalue weighted by Gasteiger charge is -2.14. The fourth-order valence-electron chi connectivity index (χ4n) is 0.841. The van der Waals surface area contributed by atoms with Gasteiger partial charge in [0.05, 0.1) is 0 Å². The maximum absolute atomic E-state index is 12.0. The first kappa shape index (κ1) is 12.0. The van der Waals surface area contributed by atoms with Gasteiger partial charge in [0.15, 0.2) is 6.04 Å². The maximum atomic E-state index is 12.0. The first-order valence-electron chi connectivity index (χ1n) is 4.02. The number of hydrogen-bond acceptors (Lipinski definition) is 3. The molecule has 3 nitrogen and oxygen atoms in total. The highest BCUT2D eigenvalue weighted by molar-refractivity contribution is 7.07. The number of hydrogen-bond donors (Lipinski definition) is 2. The van der Waals surface area contributed by atoms with E-state index in [9.17, 15) is 18.0 Å². The van der Waals surface area contributed by atoms with Crippen LogP contribution in [0.25, 0.3) is 0 Å². The molecule has 0 aliphatic rings. The number of carbonyl (C=O) groups is 1. The second-order valence-corrected chi connectivity index (χ2v) is 3.65. The number of alkyl halides is 3. The van der Waals surface area contributed by atoms with E-state index in [0.717, 1.165) is 5.56 Å². The van der Waals surface area contributed by atoms with Gasteiger partial charge in [-0.3, -0.25) is 4.79 Å². The summed E-state index contributed by atoms with van der Waals surface area (Å²) in [6.45, 7) is 0.0616. The number of nitrogens with one attached hydrogen (secondary N) is 1. The van der Waals surface area contributed by atoms with Gasteiger partial charge in [-0.1, -0.05) is 0 Å². The predicted octanol–water partition coefficient (Wildman–Crippen LogP) is 1.25. The molecular weight excluding hydrogens is 229 g/mol. The number of thiophene rings is 1. The fraction of sp³-hybridized carbons (Fsp3) is 0.375. The van der Waals surface area contributed by atoms with Crippen LogP contribution >= 0.6 is 11.3 Å². The van der Waals surface area contributed by atoms with E-state index >= 15 is 0 Å². The topological polar surface area (TPSA) is 55.1 Å². The van der Waals surface area contributed by atoms with Crippen LogP contribution in [-0.2, 0) is 11.3 Å². The summed E-state index contributed by atoms with van der Waals surface area (Å²) < 4.78 is 35.9. The minimum Gasteiger partial charge on any atom is -0.350 e. The maximum Gasteiger partial charge on any atom is 0.412 e. The highest BCUT2D eigenvalue weighted by Crippen LogP contribution is 2.18. The molecule has 0 aliphatic carbocycles. The minimum atomic E-state index is -4.70. The highest BCUT2D eigenvalue weighted by atomic mass is 32.1. The zero-order valence-corrected chi connectivity index (χ0v) is 8.36. The molecule has 3 N–H and O–H groups in total. The van der Waals surface area contributed by atoms with Crippen LogP contribution in [0.3, 0.4) is 0 Å². The van der Waals surface area contributed by atoms with Crippen LogP contribution in [0.15, 0.2) is 16.8 Å². The van der Waals surface area contributed by atoms with Crippen LogP contribution in [0.4, 0.5) is 13.2 Å². The number of rotatable bonds is 3. The molecule has 1 amide bonds. The van der Waals surface area contributed by atoms with E-state index in [2.05, 4.69) is 5.32 Å². The van der Waals surface area contributed by atoms with E-state index in [4.69, 9.17) is 5.73 Å². The molecule has 0 bridgehead atoms. The van der Waals surface area contributed by atoms with Crippen molar-refractivity contribution in [2.24, 2.45) is 5.73 Å². The number of halogens is 3. The second kappa shape index (κ2) is 4.63. The first-order valence-corrected chi connectivity index (χ1v) is 4.96. The second-order valence-electron chi connectivity index (χ2n) is 2.87. The van der Waals surface area contributed by atoms with Gasteiger partial charge in [0, 0.05) is 6.54 Å². The average Bonchev–Trinajstić information content (AvgIpc) is 2.63. The Balaban J connectivity index is 2.43. The normalized spacial score (nSPS) is 13.6. The van der Waals surface area contributed by atoms with Crippen LogP contribution in [0.2, 0.25) is 0 Å². The van der Waals surface area contributed by atoms with Crippen molar-refractivity contribution in [3.05, 3.63) is 22.4 Å². The number of amides is 1. The van der Waals surface area contributed by atoms with Crippen LogP contribution in [0.1, 0.15) is 5.56 Å². The van der Waals surface area contributed by atoms with Crippen molar-refractivity contribution in [1.82, 2.24) is 5.32 Å². The third-order valence-corrected chi connectivity index (χ3v) is 2.41. The van der Waals surface area contributed by atoms with Gasteiger partial charge >= 0.3 is 6.18 Å². The van der Waals surface area contributed by atoms with Gasteiger partial charge in [0.1, 0.15) is 0 Å². The average molecular weight is 238 g/mol. The van der Waals surface area contributed by atoms with Crippen molar-refractivity contribution in [2.75, 3.05) is 0 Å². The lowest BCUT2D eigenvalue weighted by molar-refractivity contribution is -0.162. The molecule has 0 fully saturated rings. The molecule has 1 rings (SSSR count). The quantitative estimate of drug-likeness (QED) is 0.832. The van der Waals surface area contributed by atoms with Crippen molar-refractivity contribution in [3.8, 4) is 0 Å². The van der Waals surface area contributed by atoms with Gasteiger partial charge in [0.25, 0.3) is 0 Å². The van der Waals surface area contributed by atoms with Crippen molar-refractivity contribution in [3.63, 3.8) is 0 Å². The monoisotopic (exact) mass is 238 g/mol. The van der Waals surface area contributed by atoms with Crippen LogP contribution in [0.5, 0.6) is 0 Å². The number of carbonyl (C=O) groups excluding carboxylic acids is 1. The van der Waals surface area contributed by atoms with Gasteiger partial charge in [-0.2, -0.15) is 24.5 Å². The molecule has 1 unspecified atom stereocenters. The Bertz CT molecular complexity index is 323. The lowest BCUT2D eigenvalue weighted by Crippen LogP contribution is -2.49. The largest absolute Gasteiger partial charge is 0.412 e. The Morgan fingerprint density at radius 1 is 1.60 bits per heavy atom. The molecule has 0 aliphatic heterocycles. The summed E-state index contributed by atoms with van der Waals surface area (Å²) in [6.07, 6.45) is -4.70. The number of nitrogens with two attached hydrogens (primary N) is 1. The Hall–Kier alpha value is -1.08. The summed E-state index contributed by atoms with van der Waals surface area (Å²) in [5.74, 6) is -1.21. The van der Waals surface area contributed by atoms with Crippen molar-refractivity contribution in [2.45, 2.75) is 18.8 Å². The zero-order valence-electron chi connectivity index (χ0n) is 7.54. The minimum absolute atomic E-state index is 0.0616. The highest BCUT2D eigenvalue weighted by Gasteiger charge is 2.41. The third-order valence-electron chi connectivity index (χ3n) is 1.68. The summed E-state index contributed by atoms with van der Waals surface area (Å²) in [5, 5.41) is 5.62. The molecule has 0 saturated carbocycles. The molecule has 0 spiro atoms. The summed E-state index contributed by atoms with van der Waals surface area (Å²) >= 11 is 1.40. The van der Waals surface area contributed by atoms with E-state index in [1.165, 1.54) is 11.3 Å². The van der Waals surface area contributed by atoms with Gasteiger partial charge < -0.3 is 11.1 Å². The Labute approximate surface area is 88.1 Å². The molecule has 15 heavy (non-hydrogen) atoms. The molecule has 1 aromatic heterocycles. The fourth-order valence-corrected chi connectivity index (χ4v) is 1.51. The standard InChI is InChI=1S/C8H9F3N2OS/c9-8(10,11)6(12)7(14)13-3-5-1-2-15-4-5/h1-2,4,6H,3,12H2,(H,13,14). The molecule has 1 atom stereocenters. The molecule has 0 aromatic carbocycles. The lowest BCUT2D eigenvalue weighted by atomic mass is 10.2. The summed E-state index contributed by atoms with van der Waals surface area (Å²) in [6, 6.07) is -0.750. The van der Waals surface area contributed by atoms with Crippen molar-refractivity contribution in [1.29, 1.82) is 0 Å². The molecule has 1 aromatic rings. The molecule has 0 saturated heterocycles. The van der Waals surface area contributed by atoms with E-state index in [0.29, 0.717) is 0 Å². The molecular formula is C8H9F3N2OS. The van der Waals surface area contributed by atoms with Crippen molar-refractivity contribution < 1.29 is 18.0 Å². The summed E-state index contributed by atoms with van der Waals surface area (Å²) in [5.41, 5.74) is 5.45. The van der Waals surface area contributed by atoms with Crippen LogP contribution in [0, 0.1) is 0 Å².